The van der Waals surface area contributed by atoms with Gasteiger partial charge in [-0.15, -0.1) is 0 Å². The summed E-state index contributed by atoms with van der Waals surface area (Å²) in [5, 5.41) is 0. The smallest absolute Gasteiger partial charge is 0.0600 e. The zero-order valence-corrected chi connectivity index (χ0v) is 14.1. The molecule has 3 heteroatoms. The van der Waals surface area contributed by atoms with E-state index in [1.165, 1.54) is 63.0 Å². The molecular formula is C19H31N3. The zero-order valence-electron chi connectivity index (χ0n) is 14.1. The van der Waals surface area contributed by atoms with Gasteiger partial charge < -0.3 is 15.5 Å². The van der Waals surface area contributed by atoms with E-state index in [1.807, 2.05) is 0 Å². The molecule has 1 aromatic rings. The van der Waals surface area contributed by atoms with Gasteiger partial charge in [-0.2, -0.15) is 0 Å². The number of hydrogen-bond donors (Lipinski definition) is 1. The Bertz CT molecular complexity index is 472. The van der Waals surface area contributed by atoms with Gasteiger partial charge >= 0.3 is 0 Å². The van der Waals surface area contributed by atoms with Crippen molar-refractivity contribution in [1.29, 1.82) is 0 Å². The monoisotopic (exact) mass is 301 g/mol. The first-order valence-corrected chi connectivity index (χ1v) is 9.08. The number of rotatable bonds is 5. The first-order chi connectivity index (χ1) is 10.7. The molecule has 0 spiro atoms. The molecule has 0 aliphatic carbocycles. The van der Waals surface area contributed by atoms with Crippen LogP contribution in [-0.4, -0.2) is 37.6 Å². The van der Waals surface area contributed by atoms with Crippen molar-refractivity contribution in [1.82, 2.24) is 4.90 Å². The van der Waals surface area contributed by atoms with E-state index in [9.17, 15) is 0 Å². The normalized spacial score (nSPS) is 20.7. The van der Waals surface area contributed by atoms with E-state index in [-0.39, 0.29) is 0 Å². The number of likely N-dealkylation sites (tertiary alicyclic amines) is 1. The van der Waals surface area contributed by atoms with Crippen LogP contribution in [-0.2, 0) is 6.42 Å². The van der Waals surface area contributed by atoms with Gasteiger partial charge in [-0.1, -0.05) is 13.0 Å². The molecule has 0 aromatic heterocycles. The Morgan fingerprint density at radius 2 is 1.82 bits per heavy atom. The van der Waals surface area contributed by atoms with Crippen molar-refractivity contribution < 1.29 is 0 Å². The van der Waals surface area contributed by atoms with Crippen LogP contribution in [0.5, 0.6) is 0 Å². The number of piperidine rings is 1. The Balaban J connectivity index is 1.47. The minimum Gasteiger partial charge on any atom is -0.397 e. The van der Waals surface area contributed by atoms with Crippen molar-refractivity contribution in [3.63, 3.8) is 0 Å². The Labute approximate surface area is 135 Å². The average Bonchev–Trinajstić information content (AvgIpc) is 3.03. The van der Waals surface area contributed by atoms with E-state index in [4.69, 9.17) is 5.73 Å². The second-order valence-corrected chi connectivity index (χ2v) is 7.22. The third kappa shape index (κ3) is 3.95. The third-order valence-electron chi connectivity index (χ3n) is 5.35. The number of nitrogens with two attached hydrogens (primary N) is 1. The first-order valence-electron chi connectivity index (χ1n) is 9.08. The summed E-state index contributed by atoms with van der Waals surface area (Å²) in [5.74, 6) is 0.925. The predicted octanol–water partition coefficient (Wildman–Crippen LogP) is 3.53. The Morgan fingerprint density at radius 3 is 2.50 bits per heavy atom. The highest BCUT2D eigenvalue weighted by atomic mass is 15.2. The topological polar surface area (TPSA) is 32.5 Å². The van der Waals surface area contributed by atoms with E-state index in [0.717, 1.165) is 31.1 Å². The summed E-state index contributed by atoms with van der Waals surface area (Å²) >= 11 is 0. The molecule has 0 amide bonds. The molecule has 3 nitrogen and oxygen atoms in total. The van der Waals surface area contributed by atoms with Crippen molar-refractivity contribution in [2.45, 2.75) is 45.4 Å². The number of benzene rings is 1. The van der Waals surface area contributed by atoms with Crippen LogP contribution in [0.3, 0.4) is 0 Å². The number of aryl methyl sites for hydroxylation is 1. The maximum absolute atomic E-state index is 6.28. The molecule has 22 heavy (non-hydrogen) atoms. The van der Waals surface area contributed by atoms with Crippen LogP contribution in [0.1, 0.15) is 44.6 Å². The Morgan fingerprint density at radius 1 is 1.09 bits per heavy atom. The molecule has 2 aliphatic rings. The van der Waals surface area contributed by atoms with E-state index < -0.39 is 0 Å². The van der Waals surface area contributed by atoms with Crippen molar-refractivity contribution >= 4 is 11.4 Å². The number of nitrogen functional groups attached to an aromatic ring is 1. The lowest BCUT2D eigenvalue weighted by Crippen LogP contribution is -2.33. The highest BCUT2D eigenvalue weighted by molar-refractivity contribution is 5.68. The lowest BCUT2D eigenvalue weighted by atomic mass is 9.99. The van der Waals surface area contributed by atoms with Gasteiger partial charge in [0.2, 0.25) is 0 Å². The Kier molecular flexibility index (Phi) is 5.24. The van der Waals surface area contributed by atoms with Gasteiger partial charge in [0.05, 0.1) is 11.4 Å². The summed E-state index contributed by atoms with van der Waals surface area (Å²) in [6, 6.07) is 6.72. The second kappa shape index (κ2) is 7.36. The molecule has 2 fully saturated rings. The third-order valence-corrected chi connectivity index (χ3v) is 5.35. The molecule has 2 heterocycles. The molecule has 1 aromatic carbocycles. The average molecular weight is 301 g/mol. The summed E-state index contributed by atoms with van der Waals surface area (Å²) in [4.78, 5) is 5.05. The summed E-state index contributed by atoms with van der Waals surface area (Å²) in [6.45, 7) is 8.52. The molecule has 0 saturated carbocycles. The van der Waals surface area contributed by atoms with E-state index in [1.54, 1.807) is 0 Å². The highest BCUT2D eigenvalue weighted by Gasteiger charge is 2.16. The summed E-state index contributed by atoms with van der Waals surface area (Å²) in [7, 11) is 0. The minimum atomic E-state index is 0.925. The molecule has 0 radical (unpaired) electrons. The molecule has 2 aliphatic heterocycles. The standard InChI is InChI=1S/C19H31N3/c1-16-8-13-21(14-9-16)10-4-5-17-6-7-19(18(20)15-17)22-11-2-3-12-22/h6-7,15-16H,2-5,8-14,20H2,1H3. The van der Waals surface area contributed by atoms with Gasteiger partial charge in [0.15, 0.2) is 0 Å². The fourth-order valence-electron chi connectivity index (χ4n) is 3.80. The lowest BCUT2D eigenvalue weighted by molar-refractivity contribution is 0.191. The van der Waals surface area contributed by atoms with Crippen LogP contribution in [0, 0.1) is 5.92 Å². The minimum absolute atomic E-state index is 0.925. The lowest BCUT2D eigenvalue weighted by Gasteiger charge is -2.30. The highest BCUT2D eigenvalue weighted by Crippen LogP contribution is 2.28. The largest absolute Gasteiger partial charge is 0.397 e. The molecule has 0 atom stereocenters. The zero-order chi connectivity index (χ0) is 15.4. The summed E-state index contributed by atoms with van der Waals surface area (Å²) in [5.41, 5.74) is 9.88. The SMILES string of the molecule is CC1CCN(CCCc2ccc(N3CCCC3)c(N)c2)CC1. The second-order valence-electron chi connectivity index (χ2n) is 7.22. The number of nitrogens with zero attached hydrogens (tertiary/aromatic N) is 2. The van der Waals surface area contributed by atoms with Crippen molar-refractivity contribution in [3.05, 3.63) is 23.8 Å². The van der Waals surface area contributed by atoms with Gasteiger partial charge in [0.1, 0.15) is 0 Å². The Hall–Kier alpha value is -1.22. The van der Waals surface area contributed by atoms with Crippen LogP contribution >= 0.6 is 0 Å². The van der Waals surface area contributed by atoms with Gasteiger partial charge in [0, 0.05) is 13.1 Å². The molecule has 0 bridgehead atoms. The quantitative estimate of drug-likeness (QED) is 0.844. The van der Waals surface area contributed by atoms with E-state index in [2.05, 4.69) is 34.9 Å². The van der Waals surface area contributed by atoms with Crippen LogP contribution < -0.4 is 10.6 Å². The summed E-state index contributed by atoms with van der Waals surface area (Å²) < 4.78 is 0. The van der Waals surface area contributed by atoms with Crippen molar-refractivity contribution in [2.75, 3.05) is 43.4 Å². The maximum Gasteiger partial charge on any atom is 0.0600 e. The number of hydrogen-bond acceptors (Lipinski definition) is 3. The van der Waals surface area contributed by atoms with Gasteiger partial charge in [-0.25, -0.2) is 0 Å². The molecular weight excluding hydrogens is 270 g/mol. The molecule has 3 rings (SSSR count). The molecule has 122 valence electrons. The van der Waals surface area contributed by atoms with E-state index in [0.29, 0.717) is 0 Å². The van der Waals surface area contributed by atoms with Crippen LogP contribution in [0.15, 0.2) is 18.2 Å². The molecule has 0 unspecified atom stereocenters. The van der Waals surface area contributed by atoms with Gasteiger partial charge in [0.25, 0.3) is 0 Å². The van der Waals surface area contributed by atoms with Crippen molar-refractivity contribution in [3.8, 4) is 0 Å². The van der Waals surface area contributed by atoms with Crippen LogP contribution in [0.4, 0.5) is 11.4 Å². The molecule has 2 N–H and O–H groups in total. The van der Waals surface area contributed by atoms with E-state index >= 15 is 0 Å². The maximum atomic E-state index is 6.28. The number of anilines is 2. The predicted molar refractivity (Wildman–Crippen MR) is 95.5 cm³/mol. The van der Waals surface area contributed by atoms with Crippen molar-refractivity contribution in [2.24, 2.45) is 5.92 Å². The van der Waals surface area contributed by atoms with Gasteiger partial charge in [-0.05, 0) is 81.8 Å². The fraction of sp³-hybridized carbons (Fsp3) is 0.684. The summed E-state index contributed by atoms with van der Waals surface area (Å²) in [6.07, 6.45) is 7.74. The molecule has 2 saturated heterocycles. The van der Waals surface area contributed by atoms with Gasteiger partial charge in [-0.3, -0.25) is 0 Å². The van der Waals surface area contributed by atoms with Crippen LogP contribution in [0.2, 0.25) is 0 Å². The fourth-order valence-corrected chi connectivity index (χ4v) is 3.80. The first kappa shape index (κ1) is 15.7. The van der Waals surface area contributed by atoms with Crippen LogP contribution in [0.25, 0.3) is 0 Å².